The lowest BCUT2D eigenvalue weighted by atomic mass is 10.2. The lowest BCUT2D eigenvalue weighted by molar-refractivity contribution is -0.140. The molecule has 7 heteroatoms. The zero-order chi connectivity index (χ0) is 17.1. The van der Waals surface area contributed by atoms with Crippen molar-refractivity contribution in [2.45, 2.75) is 19.9 Å². The Morgan fingerprint density at radius 3 is 2.46 bits per heavy atom. The minimum absolute atomic E-state index is 0.0381. The van der Waals surface area contributed by atoms with Crippen LogP contribution in [-0.2, 0) is 20.9 Å². The molecule has 128 valence electrons. The topological polar surface area (TPSA) is 82.6 Å². The number of carbonyl (C=O) groups excluding carboxylic acids is 3. The number of pyridine rings is 1. The first kappa shape index (κ1) is 16.4. The molecule has 7 nitrogen and oxygen atoms in total. The second-order valence-corrected chi connectivity index (χ2v) is 6.32. The van der Waals surface area contributed by atoms with Crippen molar-refractivity contribution in [1.29, 1.82) is 0 Å². The van der Waals surface area contributed by atoms with Crippen LogP contribution in [0.1, 0.15) is 19.0 Å². The Morgan fingerprint density at radius 1 is 1.12 bits per heavy atom. The van der Waals surface area contributed by atoms with Crippen molar-refractivity contribution in [3.63, 3.8) is 0 Å². The van der Waals surface area contributed by atoms with Crippen LogP contribution < -0.4 is 5.32 Å². The van der Waals surface area contributed by atoms with E-state index in [4.69, 9.17) is 0 Å². The minimum atomic E-state index is -0.230. The first-order valence-corrected chi connectivity index (χ1v) is 8.28. The molecule has 1 aliphatic heterocycles. The van der Waals surface area contributed by atoms with Crippen molar-refractivity contribution in [3.05, 3.63) is 30.1 Å². The zero-order valence-electron chi connectivity index (χ0n) is 13.8. The van der Waals surface area contributed by atoms with Crippen LogP contribution >= 0.6 is 0 Å². The van der Waals surface area contributed by atoms with Gasteiger partial charge in [-0.1, -0.05) is 6.07 Å². The van der Waals surface area contributed by atoms with Gasteiger partial charge in [0.1, 0.15) is 0 Å². The fourth-order valence-electron chi connectivity index (χ4n) is 3.05. The molecule has 1 aromatic rings. The van der Waals surface area contributed by atoms with Crippen molar-refractivity contribution in [1.82, 2.24) is 20.1 Å². The van der Waals surface area contributed by atoms with Gasteiger partial charge in [0, 0.05) is 39.3 Å². The minimum Gasteiger partial charge on any atom is -0.350 e. The van der Waals surface area contributed by atoms with E-state index in [-0.39, 0.29) is 29.6 Å². The second-order valence-electron chi connectivity index (χ2n) is 6.32. The van der Waals surface area contributed by atoms with E-state index in [1.165, 1.54) is 0 Å². The lowest BCUT2D eigenvalue weighted by Gasteiger charge is -2.34. The van der Waals surface area contributed by atoms with E-state index in [9.17, 15) is 14.4 Å². The van der Waals surface area contributed by atoms with Gasteiger partial charge in [-0.3, -0.25) is 19.4 Å². The van der Waals surface area contributed by atoms with Crippen LogP contribution in [0.15, 0.2) is 24.4 Å². The fourth-order valence-corrected chi connectivity index (χ4v) is 3.05. The first-order valence-electron chi connectivity index (χ1n) is 8.28. The average molecular weight is 330 g/mol. The van der Waals surface area contributed by atoms with Crippen molar-refractivity contribution in [3.8, 4) is 0 Å². The smallest absolute Gasteiger partial charge is 0.226 e. The van der Waals surface area contributed by atoms with Crippen LogP contribution in [0.5, 0.6) is 0 Å². The molecule has 1 aliphatic carbocycles. The predicted molar refractivity (Wildman–Crippen MR) is 86.5 cm³/mol. The van der Waals surface area contributed by atoms with E-state index >= 15 is 0 Å². The van der Waals surface area contributed by atoms with Crippen molar-refractivity contribution in [2.24, 2.45) is 11.8 Å². The third kappa shape index (κ3) is 3.72. The predicted octanol–water partition coefficient (Wildman–Crippen LogP) is 0.0246. The second kappa shape index (κ2) is 6.98. The van der Waals surface area contributed by atoms with Crippen molar-refractivity contribution >= 4 is 17.7 Å². The maximum Gasteiger partial charge on any atom is 0.226 e. The highest BCUT2D eigenvalue weighted by molar-refractivity contribution is 5.92. The van der Waals surface area contributed by atoms with Crippen molar-refractivity contribution < 1.29 is 14.4 Å². The highest BCUT2D eigenvalue weighted by atomic mass is 16.2. The Labute approximate surface area is 141 Å². The molecule has 0 spiro atoms. The number of nitrogens with one attached hydrogen (secondary N) is 1. The fraction of sp³-hybridized carbons (Fsp3) is 0.529. The molecule has 2 aliphatic rings. The van der Waals surface area contributed by atoms with E-state index in [0.29, 0.717) is 39.1 Å². The first-order chi connectivity index (χ1) is 11.6. The standard InChI is InChI=1S/C17H22N4O3/c1-12(22)20-6-8-21(9-7-20)17(24)15-10-14(15)16(23)19-11-13-4-2-3-5-18-13/h2-5,14-15H,6-11H2,1H3,(H,19,23). The van der Waals surface area contributed by atoms with Gasteiger partial charge in [0.2, 0.25) is 17.7 Å². The molecule has 1 N–H and O–H groups in total. The summed E-state index contributed by atoms with van der Waals surface area (Å²) in [5.41, 5.74) is 0.801. The van der Waals surface area contributed by atoms with Crippen LogP contribution in [0.25, 0.3) is 0 Å². The van der Waals surface area contributed by atoms with Crippen LogP contribution in [0, 0.1) is 11.8 Å². The molecule has 1 saturated heterocycles. The Hall–Kier alpha value is -2.44. The monoisotopic (exact) mass is 330 g/mol. The molecule has 0 radical (unpaired) electrons. The number of aromatic nitrogens is 1. The average Bonchev–Trinajstić information content (AvgIpc) is 3.41. The van der Waals surface area contributed by atoms with Gasteiger partial charge in [0.15, 0.2) is 0 Å². The molecule has 3 amide bonds. The Kier molecular flexibility index (Phi) is 4.78. The molecule has 2 unspecified atom stereocenters. The SMILES string of the molecule is CC(=O)N1CCN(C(=O)C2CC2C(=O)NCc2ccccn2)CC1. The Balaban J connectivity index is 1.44. The third-order valence-corrected chi connectivity index (χ3v) is 4.65. The van der Waals surface area contributed by atoms with Gasteiger partial charge in [0.25, 0.3) is 0 Å². The molecule has 0 bridgehead atoms. The molecule has 1 aromatic heterocycles. The number of rotatable bonds is 4. The number of hydrogen-bond donors (Lipinski definition) is 1. The summed E-state index contributed by atoms with van der Waals surface area (Å²) in [6, 6.07) is 5.55. The van der Waals surface area contributed by atoms with Gasteiger partial charge in [-0.15, -0.1) is 0 Å². The molecule has 2 heterocycles. The molecule has 3 rings (SSSR count). The molecular formula is C17H22N4O3. The van der Waals surface area contributed by atoms with Crippen LogP contribution in [0.2, 0.25) is 0 Å². The summed E-state index contributed by atoms with van der Waals surface area (Å²) >= 11 is 0. The van der Waals surface area contributed by atoms with Crippen LogP contribution in [-0.4, -0.2) is 58.7 Å². The highest BCUT2D eigenvalue weighted by Crippen LogP contribution is 2.40. The van der Waals surface area contributed by atoms with Gasteiger partial charge >= 0.3 is 0 Å². The van der Waals surface area contributed by atoms with E-state index in [2.05, 4.69) is 10.3 Å². The lowest BCUT2D eigenvalue weighted by Crippen LogP contribution is -2.50. The molecule has 2 atom stereocenters. The van der Waals surface area contributed by atoms with E-state index < -0.39 is 0 Å². The Bertz CT molecular complexity index is 626. The number of nitrogens with zero attached hydrogens (tertiary/aromatic N) is 3. The van der Waals surface area contributed by atoms with Gasteiger partial charge in [-0.2, -0.15) is 0 Å². The highest BCUT2D eigenvalue weighted by Gasteiger charge is 2.49. The number of hydrogen-bond acceptors (Lipinski definition) is 4. The number of amides is 3. The van der Waals surface area contributed by atoms with Gasteiger partial charge in [-0.25, -0.2) is 0 Å². The molecule has 1 saturated carbocycles. The van der Waals surface area contributed by atoms with E-state index in [0.717, 1.165) is 5.69 Å². The van der Waals surface area contributed by atoms with E-state index in [1.54, 1.807) is 22.9 Å². The molecular weight excluding hydrogens is 308 g/mol. The van der Waals surface area contributed by atoms with Crippen LogP contribution in [0.3, 0.4) is 0 Å². The molecule has 2 fully saturated rings. The summed E-state index contributed by atoms with van der Waals surface area (Å²) in [4.78, 5) is 43.6. The van der Waals surface area contributed by atoms with Gasteiger partial charge in [0.05, 0.1) is 24.1 Å². The molecule has 0 aromatic carbocycles. The Morgan fingerprint density at radius 2 is 1.83 bits per heavy atom. The van der Waals surface area contributed by atoms with E-state index in [1.807, 2.05) is 18.2 Å². The zero-order valence-corrected chi connectivity index (χ0v) is 13.8. The normalized spacial score (nSPS) is 22.9. The van der Waals surface area contributed by atoms with Gasteiger partial charge in [-0.05, 0) is 18.6 Å². The quantitative estimate of drug-likeness (QED) is 0.844. The summed E-state index contributed by atoms with van der Waals surface area (Å²) in [6.45, 7) is 4.18. The summed E-state index contributed by atoms with van der Waals surface area (Å²) in [5, 5.41) is 2.85. The number of piperazine rings is 1. The molecule has 24 heavy (non-hydrogen) atoms. The largest absolute Gasteiger partial charge is 0.350 e. The summed E-state index contributed by atoms with van der Waals surface area (Å²) in [6.07, 6.45) is 2.30. The van der Waals surface area contributed by atoms with Crippen LogP contribution in [0.4, 0.5) is 0 Å². The summed E-state index contributed by atoms with van der Waals surface area (Å²) in [7, 11) is 0. The summed E-state index contributed by atoms with van der Waals surface area (Å²) < 4.78 is 0. The number of carbonyl (C=O) groups is 3. The van der Waals surface area contributed by atoms with Gasteiger partial charge < -0.3 is 15.1 Å². The van der Waals surface area contributed by atoms with Crippen molar-refractivity contribution in [2.75, 3.05) is 26.2 Å². The maximum atomic E-state index is 12.5. The maximum absolute atomic E-state index is 12.5. The summed E-state index contributed by atoms with van der Waals surface area (Å²) in [5.74, 6) is -0.442. The third-order valence-electron chi connectivity index (χ3n) is 4.65.